The van der Waals surface area contributed by atoms with Gasteiger partial charge in [0.25, 0.3) is 0 Å². The first-order valence-electron chi connectivity index (χ1n) is 12.6. The number of hydrogen-bond donors (Lipinski definition) is 4. The van der Waals surface area contributed by atoms with Gasteiger partial charge in [0.1, 0.15) is 6.33 Å². The Morgan fingerprint density at radius 1 is 1.11 bits per heavy atom. The Bertz CT molecular complexity index is 1250. The van der Waals surface area contributed by atoms with Crippen LogP contribution in [0, 0.1) is 5.92 Å². The van der Waals surface area contributed by atoms with E-state index in [1.165, 1.54) is 10.9 Å². The van der Waals surface area contributed by atoms with Crippen LogP contribution in [0.1, 0.15) is 37.7 Å². The smallest absolute Gasteiger partial charge is 0.328 e. The highest BCUT2D eigenvalue weighted by molar-refractivity contribution is 5.92. The van der Waals surface area contributed by atoms with E-state index >= 15 is 0 Å². The summed E-state index contributed by atoms with van der Waals surface area (Å²) in [6, 6.07) is 8.08. The lowest BCUT2D eigenvalue weighted by Gasteiger charge is -2.31. The number of rotatable bonds is 7. The van der Waals surface area contributed by atoms with Gasteiger partial charge < -0.3 is 21.3 Å². The van der Waals surface area contributed by atoms with Crippen molar-refractivity contribution in [1.82, 2.24) is 35.1 Å². The van der Waals surface area contributed by atoms with Crippen LogP contribution in [0.15, 0.2) is 30.6 Å². The molecule has 0 spiro atoms. The number of imidazole rings is 1. The molecule has 1 aliphatic heterocycles. The second-order valence-corrected chi connectivity index (χ2v) is 9.52. The summed E-state index contributed by atoms with van der Waals surface area (Å²) in [5.41, 5.74) is 2.96. The van der Waals surface area contributed by atoms with Crippen LogP contribution in [-0.2, 0) is 11.3 Å². The van der Waals surface area contributed by atoms with Crippen molar-refractivity contribution in [2.24, 2.45) is 5.92 Å². The molecule has 11 nitrogen and oxygen atoms in total. The van der Waals surface area contributed by atoms with Crippen LogP contribution in [0.25, 0.3) is 11.2 Å². The Hall–Kier alpha value is -3.73. The van der Waals surface area contributed by atoms with Gasteiger partial charge in [0, 0.05) is 38.9 Å². The predicted octanol–water partition coefficient (Wildman–Crippen LogP) is 2.68. The number of hydrogen-bond acceptors (Lipinski definition) is 8. The fourth-order valence-electron chi connectivity index (χ4n) is 4.83. The van der Waals surface area contributed by atoms with Crippen molar-refractivity contribution in [2.45, 2.75) is 44.7 Å². The van der Waals surface area contributed by atoms with Gasteiger partial charge in [0.15, 0.2) is 17.0 Å². The summed E-state index contributed by atoms with van der Waals surface area (Å²) in [6.45, 7) is 2.50. The summed E-state index contributed by atoms with van der Waals surface area (Å²) in [6.07, 6.45) is 6.58. The molecule has 1 atom stereocenters. The molecule has 2 fully saturated rings. The number of carbonyl (C=O) groups is 2. The molecule has 3 aromatic rings. The zero-order valence-electron chi connectivity index (χ0n) is 20.8. The first kappa shape index (κ1) is 24.0. The fraction of sp³-hybridized carbons (Fsp3) is 0.480. The van der Waals surface area contributed by atoms with Gasteiger partial charge in [0.05, 0.1) is 5.92 Å². The molecule has 5 rings (SSSR count). The van der Waals surface area contributed by atoms with Crippen molar-refractivity contribution in [1.29, 1.82) is 0 Å². The summed E-state index contributed by atoms with van der Waals surface area (Å²) >= 11 is 0. The van der Waals surface area contributed by atoms with Crippen LogP contribution in [0.5, 0.6) is 0 Å². The highest BCUT2D eigenvalue weighted by Gasteiger charge is 2.25. The van der Waals surface area contributed by atoms with Crippen LogP contribution in [-0.4, -0.2) is 69.6 Å². The second-order valence-electron chi connectivity index (χ2n) is 9.52. The number of nitrogens with zero attached hydrogens (tertiary/aromatic N) is 5. The molecule has 3 heterocycles. The predicted molar refractivity (Wildman–Crippen MR) is 138 cm³/mol. The number of carbonyl (C=O) groups excluding carboxylic acids is 2. The average Bonchev–Trinajstić information content (AvgIpc) is 3.29. The Kier molecular flexibility index (Phi) is 6.99. The van der Waals surface area contributed by atoms with E-state index in [9.17, 15) is 9.59 Å². The highest BCUT2D eigenvalue weighted by Crippen LogP contribution is 2.25. The lowest BCUT2D eigenvalue weighted by atomic mass is 9.93. The van der Waals surface area contributed by atoms with Gasteiger partial charge in [-0.15, -0.1) is 0 Å². The maximum absolute atomic E-state index is 12.8. The number of likely N-dealkylation sites (tertiary alicyclic amines) is 1. The van der Waals surface area contributed by atoms with Crippen LogP contribution in [0.2, 0.25) is 0 Å². The van der Waals surface area contributed by atoms with E-state index in [1.54, 1.807) is 14.1 Å². The molecule has 4 N–H and O–H groups in total. The quantitative estimate of drug-likeness (QED) is 0.397. The zero-order valence-corrected chi connectivity index (χ0v) is 20.8. The second kappa shape index (κ2) is 10.5. The SMILES string of the molecule is CNC(=O)C1CCCN(Cc2cccc(Nc3nc(NC)c4ncn(C(=O)NC5CCC5)c4n3)c2)C1. The van der Waals surface area contributed by atoms with Gasteiger partial charge in [-0.05, 0) is 56.3 Å². The third kappa shape index (κ3) is 5.11. The summed E-state index contributed by atoms with van der Waals surface area (Å²) in [5, 5.41) is 12.1. The number of benzene rings is 1. The van der Waals surface area contributed by atoms with Crippen molar-refractivity contribution in [3.63, 3.8) is 0 Å². The van der Waals surface area contributed by atoms with Crippen molar-refractivity contribution < 1.29 is 9.59 Å². The molecule has 1 saturated heterocycles. The Balaban J connectivity index is 1.33. The Labute approximate surface area is 210 Å². The van der Waals surface area contributed by atoms with Crippen LogP contribution < -0.4 is 21.3 Å². The van der Waals surface area contributed by atoms with Crippen LogP contribution in [0.4, 0.5) is 22.2 Å². The van der Waals surface area contributed by atoms with Gasteiger partial charge >= 0.3 is 6.03 Å². The molecule has 0 radical (unpaired) electrons. The first-order valence-corrected chi connectivity index (χ1v) is 12.6. The molecule has 190 valence electrons. The topological polar surface area (TPSA) is 129 Å². The molecule has 11 heteroatoms. The third-order valence-corrected chi connectivity index (χ3v) is 7.00. The number of fused-ring (bicyclic) bond motifs is 1. The first-order chi connectivity index (χ1) is 17.5. The van der Waals surface area contributed by atoms with E-state index in [4.69, 9.17) is 0 Å². The largest absolute Gasteiger partial charge is 0.371 e. The van der Waals surface area contributed by atoms with Crippen LogP contribution in [0.3, 0.4) is 0 Å². The molecule has 36 heavy (non-hydrogen) atoms. The minimum Gasteiger partial charge on any atom is -0.371 e. The van der Waals surface area contributed by atoms with Crippen molar-refractivity contribution >= 4 is 40.6 Å². The molecular weight excluding hydrogens is 458 g/mol. The summed E-state index contributed by atoms with van der Waals surface area (Å²) < 4.78 is 1.44. The molecule has 0 bridgehead atoms. The normalized spacial score (nSPS) is 18.4. The number of anilines is 3. The molecule has 1 unspecified atom stereocenters. The minimum atomic E-state index is -0.229. The highest BCUT2D eigenvalue weighted by atomic mass is 16.2. The van der Waals surface area contributed by atoms with Crippen molar-refractivity contribution in [3.05, 3.63) is 36.2 Å². The van der Waals surface area contributed by atoms with Crippen molar-refractivity contribution in [2.75, 3.05) is 37.8 Å². The van der Waals surface area contributed by atoms with Gasteiger partial charge in [-0.2, -0.15) is 9.97 Å². The summed E-state index contributed by atoms with van der Waals surface area (Å²) in [4.78, 5) is 40.7. The number of piperidine rings is 1. The van der Waals surface area contributed by atoms with E-state index in [-0.39, 0.29) is 23.9 Å². The maximum Gasteiger partial charge on any atom is 0.328 e. The molecule has 1 aliphatic carbocycles. The lowest BCUT2D eigenvalue weighted by molar-refractivity contribution is -0.126. The number of amides is 2. The van der Waals surface area contributed by atoms with E-state index in [0.29, 0.717) is 22.9 Å². The van der Waals surface area contributed by atoms with Gasteiger partial charge in [-0.1, -0.05) is 12.1 Å². The molecule has 2 amide bonds. The average molecular weight is 492 g/mol. The molecule has 2 aromatic heterocycles. The van der Waals surface area contributed by atoms with Crippen LogP contribution >= 0.6 is 0 Å². The number of nitrogens with one attached hydrogen (secondary N) is 4. The lowest BCUT2D eigenvalue weighted by Crippen LogP contribution is -2.41. The summed E-state index contributed by atoms with van der Waals surface area (Å²) in [5.74, 6) is 1.07. The van der Waals surface area contributed by atoms with Gasteiger partial charge in [0.2, 0.25) is 11.9 Å². The Morgan fingerprint density at radius 2 is 1.97 bits per heavy atom. The molecule has 1 saturated carbocycles. The zero-order chi connectivity index (χ0) is 25.1. The molecule has 1 aromatic carbocycles. The molecule has 2 aliphatic rings. The standard InChI is InChI=1S/C25H33N9O2/c1-26-21-20-22(34(15-28-20)25(36)30-18-8-4-9-18)32-24(31-21)29-19-10-3-6-16(12-19)13-33-11-5-7-17(14-33)23(35)27-2/h3,6,10,12,15,17-18H,4-5,7-9,11,13-14H2,1-2H3,(H,27,35)(H,30,36)(H2,26,29,31,32). The maximum atomic E-state index is 12.8. The van der Waals surface area contributed by atoms with Crippen molar-refractivity contribution in [3.8, 4) is 0 Å². The van der Waals surface area contributed by atoms with Gasteiger partial charge in [-0.25, -0.2) is 14.3 Å². The van der Waals surface area contributed by atoms with E-state index in [1.807, 2.05) is 12.1 Å². The Morgan fingerprint density at radius 3 is 2.72 bits per heavy atom. The van der Waals surface area contributed by atoms with Gasteiger partial charge in [-0.3, -0.25) is 9.69 Å². The minimum absolute atomic E-state index is 0.0384. The van der Waals surface area contributed by atoms with E-state index in [2.05, 4.69) is 53.3 Å². The number of aromatic nitrogens is 4. The summed E-state index contributed by atoms with van der Waals surface area (Å²) in [7, 11) is 3.47. The third-order valence-electron chi connectivity index (χ3n) is 7.00. The van der Waals surface area contributed by atoms with E-state index in [0.717, 1.165) is 63.0 Å². The monoisotopic (exact) mass is 491 g/mol. The fourth-order valence-corrected chi connectivity index (χ4v) is 4.83. The molecular formula is C25H33N9O2. The van der Waals surface area contributed by atoms with E-state index < -0.39 is 0 Å².